The van der Waals surface area contributed by atoms with Gasteiger partial charge in [-0.05, 0) is 86.0 Å². The second-order valence-corrected chi connectivity index (χ2v) is 12.6. The monoisotopic (exact) mass is 580 g/mol. The van der Waals surface area contributed by atoms with Gasteiger partial charge in [0.2, 0.25) is 10.0 Å². The normalized spacial score (nSPS) is 13.6. The summed E-state index contributed by atoms with van der Waals surface area (Å²) in [6.45, 7) is 3.81. The molecule has 2 rings (SSSR count). The first-order valence-corrected chi connectivity index (χ1v) is 14.5. The second-order valence-electron chi connectivity index (χ2n) is 9.80. The molecule has 13 heteroatoms. The average Bonchev–Trinajstić information content (AvgIpc) is 3.29. The zero-order chi connectivity index (χ0) is 28.6. The highest BCUT2D eigenvalue weighted by Crippen LogP contribution is 2.29. The largest absolute Gasteiger partial charge is 0.573 e. The fourth-order valence-corrected chi connectivity index (χ4v) is 5.85. The molecule has 0 radical (unpaired) electrons. The molecule has 0 aliphatic carbocycles. The van der Waals surface area contributed by atoms with Gasteiger partial charge in [0.25, 0.3) is 0 Å². The Bertz CT molecular complexity index is 1140. The van der Waals surface area contributed by atoms with E-state index in [1.54, 1.807) is 11.3 Å². The van der Waals surface area contributed by atoms with Crippen molar-refractivity contribution in [3.8, 4) is 5.75 Å². The summed E-state index contributed by atoms with van der Waals surface area (Å²) in [5.41, 5.74) is 1.15. The van der Waals surface area contributed by atoms with Gasteiger partial charge in [-0.1, -0.05) is 0 Å². The van der Waals surface area contributed by atoms with Gasteiger partial charge in [0.1, 0.15) is 5.75 Å². The number of ether oxygens (including phenoxy) is 1. The van der Waals surface area contributed by atoms with Gasteiger partial charge >= 0.3 is 12.3 Å². The molecule has 0 amide bonds. The fraction of sp³-hybridized carbons (Fsp3) is 0.560. The number of thiophene rings is 1. The van der Waals surface area contributed by atoms with Crippen molar-refractivity contribution in [2.75, 3.05) is 20.1 Å². The van der Waals surface area contributed by atoms with Gasteiger partial charge in [0.15, 0.2) is 0 Å². The van der Waals surface area contributed by atoms with Crippen LogP contribution in [-0.2, 0) is 27.7 Å². The number of carbonyl (C=O) groups is 1. The number of benzene rings is 1. The number of nitrogens with zero attached hydrogens (tertiary/aromatic N) is 1. The Morgan fingerprint density at radius 1 is 1.16 bits per heavy atom. The molecule has 0 saturated heterocycles. The van der Waals surface area contributed by atoms with Crippen LogP contribution >= 0.6 is 11.3 Å². The Hall–Kier alpha value is -2.19. The van der Waals surface area contributed by atoms with E-state index in [-0.39, 0.29) is 43.5 Å². The van der Waals surface area contributed by atoms with E-state index < -0.39 is 39.1 Å². The number of carboxylic acid groups (broad SMARTS) is 1. The molecule has 1 aromatic heterocycles. The van der Waals surface area contributed by atoms with Crippen LogP contribution in [-0.4, -0.2) is 67.0 Å². The van der Waals surface area contributed by atoms with Crippen molar-refractivity contribution in [1.82, 2.24) is 9.62 Å². The molecular formula is C25H35F3N2O6S2. The van der Waals surface area contributed by atoms with Crippen LogP contribution in [0.1, 0.15) is 50.7 Å². The van der Waals surface area contributed by atoms with Gasteiger partial charge in [0, 0.05) is 38.2 Å². The number of sulfonamides is 1. The summed E-state index contributed by atoms with van der Waals surface area (Å²) >= 11 is 1.64. The minimum atomic E-state index is -5.04. The third kappa shape index (κ3) is 11.3. The van der Waals surface area contributed by atoms with Crippen molar-refractivity contribution in [2.45, 2.75) is 75.3 Å². The van der Waals surface area contributed by atoms with E-state index in [2.05, 4.69) is 21.5 Å². The predicted octanol–water partition coefficient (Wildman–Crippen LogP) is 4.43. The number of nitrogens with one attached hydrogen (secondary N) is 1. The maximum atomic E-state index is 13.1. The van der Waals surface area contributed by atoms with Crippen molar-refractivity contribution in [3.63, 3.8) is 0 Å². The maximum Gasteiger partial charge on any atom is 0.573 e. The molecule has 1 atom stereocenters. The number of aliphatic hydroxyl groups excluding tert-OH is 1. The van der Waals surface area contributed by atoms with E-state index in [4.69, 9.17) is 5.11 Å². The molecule has 0 aliphatic rings. The fourth-order valence-electron chi connectivity index (χ4n) is 3.85. The number of hydrogen-bond acceptors (Lipinski definition) is 7. The zero-order valence-electron chi connectivity index (χ0n) is 21.6. The Morgan fingerprint density at radius 3 is 2.45 bits per heavy atom. The first-order valence-electron chi connectivity index (χ1n) is 12.1. The summed E-state index contributed by atoms with van der Waals surface area (Å²) in [6, 6.07) is 5.07. The number of aliphatic carboxylic acids is 1. The molecule has 8 nitrogen and oxygen atoms in total. The number of aliphatic hydroxyl groups is 1. The maximum absolute atomic E-state index is 13.1. The Balaban J connectivity index is 2.03. The summed E-state index contributed by atoms with van der Waals surface area (Å²) in [7, 11) is -3.06. The van der Waals surface area contributed by atoms with Gasteiger partial charge in [-0.3, -0.25) is 4.79 Å². The van der Waals surface area contributed by atoms with E-state index in [0.29, 0.717) is 0 Å². The molecule has 3 N–H and O–H groups in total. The van der Waals surface area contributed by atoms with E-state index in [9.17, 15) is 31.5 Å². The second kappa shape index (κ2) is 13.7. The standard InChI is InChI=1S/C25H35F3N2O6S2/c1-24(2,10-5-7-18-9-11-37-17-18)29-15-20(31)16-30(3)38(34,35)22-13-19(6-4-8-23(32)33)12-21(14-22)36-25(26,27)28/h9,11-14,17,20,29,31H,4-8,10,15-16H2,1-3H3,(H,32,33). The van der Waals surface area contributed by atoms with Gasteiger partial charge < -0.3 is 20.3 Å². The van der Waals surface area contributed by atoms with Gasteiger partial charge in [0.05, 0.1) is 11.0 Å². The molecule has 2 aromatic rings. The van der Waals surface area contributed by atoms with E-state index >= 15 is 0 Å². The Labute approximate surface area is 225 Å². The van der Waals surface area contributed by atoms with E-state index in [0.717, 1.165) is 35.7 Å². The first kappa shape index (κ1) is 32.0. The Morgan fingerprint density at radius 2 is 1.84 bits per heavy atom. The smallest absolute Gasteiger partial charge is 0.481 e. The van der Waals surface area contributed by atoms with Crippen LogP contribution in [0.4, 0.5) is 13.2 Å². The van der Waals surface area contributed by atoms with Crippen LogP contribution in [0.25, 0.3) is 0 Å². The van der Waals surface area contributed by atoms with Crippen LogP contribution in [0.15, 0.2) is 39.9 Å². The topological polar surface area (TPSA) is 116 Å². The summed E-state index contributed by atoms with van der Waals surface area (Å²) in [5, 5.41) is 26.7. The number of aryl methyl sites for hydroxylation is 2. The summed E-state index contributed by atoms with van der Waals surface area (Å²) in [5.74, 6) is -1.79. The number of rotatable bonds is 16. The van der Waals surface area contributed by atoms with Crippen molar-refractivity contribution < 1.29 is 41.3 Å². The lowest BCUT2D eigenvalue weighted by atomic mass is 9.96. The molecule has 1 heterocycles. The molecule has 1 aromatic carbocycles. The van der Waals surface area contributed by atoms with Crippen molar-refractivity contribution in [1.29, 1.82) is 0 Å². The number of alkyl halides is 3. The van der Waals surface area contributed by atoms with Crippen LogP contribution in [0, 0.1) is 0 Å². The molecule has 38 heavy (non-hydrogen) atoms. The molecular weight excluding hydrogens is 545 g/mol. The third-order valence-electron chi connectivity index (χ3n) is 5.87. The lowest BCUT2D eigenvalue weighted by Crippen LogP contribution is -2.46. The summed E-state index contributed by atoms with van der Waals surface area (Å²) < 4.78 is 69.6. The molecule has 1 unspecified atom stereocenters. The Kier molecular flexibility index (Phi) is 11.6. The lowest BCUT2D eigenvalue weighted by Gasteiger charge is -2.29. The van der Waals surface area contributed by atoms with Crippen LogP contribution in [0.3, 0.4) is 0 Å². The number of β-amino-alcohol motifs (C(OH)–C–C–N with tert-alkyl or cyclic N) is 1. The van der Waals surface area contributed by atoms with Crippen molar-refractivity contribution in [2.24, 2.45) is 0 Å². The lowest BCUT2D eigenvalue weighted by molar-refractivity contribution is -0.274. The minimum Gasteiger partial charge on any atom is -0.481 e. The predicted molar refractivity (Wildman–Crippen MR) is 139 cm³/mol. The number of halogens is 3. The van der Waals surface area contributed by atoms with Gasteiger partial charge in [-0.25, -0.2) is 8.42 Å². The van der Waals surface area contributed by atoms with Crippen LogP contribution in [0.2, 0.25) is 0 Å². The summed E-state index contributed by atoms with van der Waals surface area (Å²) in [4.78, 5) is 10.3. The molecule has 0 fully saturated rings. The van der Waals surface area contributed by atoms with Gasteiger partial charge in [-0.2, -0.15) is 15.6 Å². The quantitative estimate of drug-likeness (QED) is 0.269. The van der Waals surface area contributed by atoms with Crippen LogP contribution in [0.5, 0.6) is 5.75 Å². The molecule has 0 aliphatic heterocycles. The molecule has 0 saturated carbocycles. The van der Waals surface area contributed by atoms with E-state index in [1.165, 1.54) is 18.7 Å². The molecule has 0 spiro atoms. The number of likely N-dealkylation sites (N-methyl/N-ethyl adjacent to an activating group) is 1. The highest BCUT2D eigenvalue weighted by atomic mass is 32.2. The first-order chi connectivity index (χ1) is 17.6. The van der Waals surface area contributed by atoms with Crippen LogP contribution < -0.4 is 10.1 Å². The SMILES string of the molecule is CN(CC(O)CNC(C)(C)CCCc1ccsc1)S(=O)(=O)c1cc(CCCC(=O)O)cc(OC(F)(F)F)c1. The number of hydrogen-bond donors (Lipinski definition) is 3. The average molecular weight is 581 g/mol. The zero-order valence-corrected chi connectivity index (χ0v) is 23.3. The molecule has 0 bridgehead atoms. The van der Waals surface area contributed by atoms with Gasteiger partial charge in [-0.15, -0.1) is 13.2 Å². The third-order valence-corrected chi connectivity index (χ3v) is 8.40. The minimum absolute atomic E-state index is 0.0433. The highest BCUT2D eigenvalue weighted by Gasteiger charge is 2.32. The van der Waals surface area contributed by atoms with Crippen molar-refractivity contribution in [3.05, 3.63) is 46.2 Å². The number of carboxylic acids is 1. The van der Waals surface area contributed by atoms with Crippen molar-refractivity contribution >= 4 is 27.3 Å². The summed E-state index contributed by atoms with van der Waals surface area (Å²) in [6.07, 6.45) is -3.48. The molecule has 214 valence electrons. The van der Waals surface area contributed by atoms with E-state index in [1.807, 2.05) is 19.2 Å². The highest BCUT2D eigenvalue weighted by molar-refractivity contribution is 7.89.